The van der Waals surface area contributed by atoms with Crippen LogP contribution >= 0.6 is 0 Å². The Morgan fingerprint density at radius 2 is 2.18 bits per heavy atom. The van der Waals surface area contributed by atoms with E-state index in [0.717, 1.165) is 17.4 Å². The Kier molecular flexibility index (Phi) is 3.87. The van der Waals surface area contributed by atoms with Crippen molar-refractivity contribution in [1.29, 1.82) is 0 Å². The first-order valence-electron chi connectivity index (χ1n) is 6.63. The lowest BCUT2D eigenvalue weighted by atomic mass is 9.94. The van der Waals surface area contributed by atoms with Gasteiger partial charge in [0, 0.05) is 11.1 Å². The number of hydrogen-bond acceptors (Lipinski definition) is 2. The first-order chi connectivity index (χ1) is 8.17. The van der Waals surface area contributed by atoms with Gasteiger partial charge in [-0.3, -0.25) is 0 Å². The smallest absolute Gasteiger partial charge is 0.319 e. The molecule has 94 valence electrons. The molecule has 3 atom stereocenters. The minimum atomic E-state index is -0.757. The first-order valence-corrected chi connectivity index (χ1v) is 8.02. The maximum Gasteiger partial charge on any atom is 0.319 e. The average molecular weight is 250 g/mol. The summed E-state index contributed by atoms with van der Waals surface area (Å²) in [6.07, 6.45) is 8.15. The summed E-state index contributed by atoms with van der Waals surface area (Å²) in [5.41, 5.74) is 2.97. The summed E-state index contributed by atoms with van der Waals surface area (Å²) in [7, 11) is -0.757. The molecule has 2 nitrogen and oxygen atoms in total. The van der Waals surface area contributed by atoms with Gasteiger partial charge in [-0.05, 0) is 51.9 Å². The molecule has 0 amide bonds. The van der Waals surface area contributed by atoms with Gasteiger partial charge in [-0.15, -0.1) is 0 Å². The number of carbonyl (C=O) groups excluding carboxylic acids is 1. The molecule has 2 rings (SSSR count). The standard InChI is InChI=1S/C14H22O2Si/c1-4-9(3)14(15)16-17-13-11-7-6-10(8-11)12(13)5-2/h4-5,10-11,13H,6-8,17H2,1-3H3. The Labute approximate surface area is 106 Å². The van der Waals surface area contributed by atoms with E-state index in [1.54, 1.807) is 5.57 Å². The predicted molar refractivity (Wildman–Crippen MR) is 72.4 cm³/mol. The molecule has 17 heavy (non-hydrogen) atoms. The Morgan fingerprint density at radius 1 is 1.41 bits per heavy atom. The van der Waals surface area contributed by atoms with Crippen LogP contribution in [0.1, 0.15) is 40.0 Å². The van der Waals surface area contributed by atoms with Gasteiger partial charge in [0.25, 0.3) is 0 Å². The van der Waals surface area contributed by atoms with E-state index in [1.165, 1.54) is 19.3 Å². The molecule has 0 aliphatic heterocycles. The van der Waals surface area contributed by atoms with Crippen molar-refractivity contribution in [3.05, 3.63) is 23.3 Å². The Balaban J connectivity index is 1.94. The number of carbonyl (C=O) groups is 1. The highest BCUT2D eigenvalue weighted by atomic mass is 28.2. The van der Waals surface area contributed by atoms with Crippen molar-refractivity contribution in [2.24, 2.45) is 11.8 Å². The van der Waals surface area contributed by atoms with Gasteiger partial charge in [-0.2, -0.15) is 0 Å². The van der Waals surface area contributed by atoms with Crippen LogP contribution in [0.5, 0.6) is 0 Å². The molecule has 0 aromatic carbocycles. The summed E-state index contributed by atoms with van der Waals surface area (Å²) in [4.78, 5) is 11.7. The van der Waals surface area contributed by atoms with Crippen LogP contribution < -0.4 is 0 Å². The summed E-state index contributed by atoms with van der Waals surface area (Å²) < 4.78 is 5.55. The quantitative estimate of drug-likeness (QED) is 0.437. The zero-order valence-corrected chi connectivity index (χ0v) is 12.4. The maximum absolute atomic E-state index is 11.7. The second-order valence-electron chi connectivity index (χ2n) is 5.24. The van der Waals surface area contributed by atoms with Crippen molar-refractivity contribution in [3.8, 4) is 0 Å². The summed E-state index contributed by atoms with van der Waals surface area (Å²) in [5, 5.41) is 0. The van der Waals surface area contributed by atoms with Gasteiger partial charge >= 0.3 is 5.97 Å². The van der Waals surface area contributed by atoms with Crippen LogP contribution in [0.15, 0.2) is 23.3 Å². The van der Waals surface area contributed by atoms with E-state index >= 15 is 0 Å². The van der Waals surface area contributed by atoms with Gasteiger partial charge in [-0.1, -0.05) is 17.7 Å². The maximum atomic E-state index is 11.7. The van der Waals surface area contributed by atoms with Crippen molar-refractivity contribution in [2.45, 2.75) is 45.6 Å². The lowest BCUT2D eigenvalue weighted by Crippen LogP contribution is -2.20. The van der Waals surface area contributed by atoms with Crippen LogP contribution in [0.2, 0.25) is 5.54 Å². The van der Waals surface area contributed by atoms with Crippen LogP contribution in [0.4, 0.5) is 0 Å². The van der Waals surface area contributed by atoms with Crippen molar-refractivity contribution in [3.63, 3.8) is 0 Å². The topological polar surface area (TPSA) is 26.3 Å². The fraction of sp³-hybridized carbons (Fsp3) is 0.643. The van der Waals surface area contributed by atoms with Crippen molar-refractivity contribution in [2.75, 3.05) is 0 Å². The van der Waals surface area contributed by atoms with E-state index in [2.05, 4.69) is 13.0 Å². The number of rotatable bonds is 3. The van der Waals surface area contributed by atoms with Gasteiger partial charge in [0.15, 0.2) is 0 Å². The van der Waals surface area contributed by atoms with Crippen molar-refractivity contribution >= 4 is 15.7 Å². The molecular formula is C14H22O2Si. The third kappa shape index (κ3) is 2.39. The Hall–Kier alpha value is -0.833. The molecule has 0 radical (unpaired) electrons. The summed E-state index contributed by atoms with van der Waals surface area (Å²) in [6.45, 7) is 5.84. The van der Waals surface area contributed by atoms with Crippen LogP contribution in [0.3, 0.4) is 0 Å². The molecule has 2 aliphatic rings. The van der Waals surface area contributed by atoms with Crippen LogP contribution in [-0.4, -0.2) is 15.7 Å². The van der Waals surface area contributed by atoms with Crippen molar-refractivity contribution < 1.29 is 9.22 Å². The lowest BCUT2D eigenvalue weighted by molar-refractivity contribution is -0.130. The predicted octanol–water partition coefficient (Wildman–Crippen LogP) is 2.74. The highest BCUT2D eigenvalue weighted by Crippen LogP contribution is 2.54. The van der Waals surface area contributed by atoms with E-state index in [4.69, 9.17) is 4.43 Å². The summed E-state index contributed by atoms with van der Waals surface area (Å²) >= 11 is 0. The van der Waals surface area contributed by atoms with E-state index < -0.39 is 9.76 Å². The first kappa shape index (κ1) is 12.6. The molecule has 3 heteroatoms. The average Bonchev–Trinajstić information content (AvgIpc) is 2.94. The molecule has 2 saturated carbocycles. The number of fused-ring (bicyclic) bond motifs is 2. The zero-order valence-electron chi connectivity index (χ0n) is 11.0. The largest absolute Gasteiger partial charge is 0.521 e. The van der Waals surface area contributed by atoms with Crippen LogP contribution in [0, 0.1) is 11.8 Å². The normalized spacial score (nSPS) is 35.1. The highest BCUT2D eigenvalue weighted by molar-refractivity contribution is 6.35. The molecule has 3 unspecified atom stereocenters. The number of hydrogen-bond donors (Lipinski definition) is 0. The third-order valence-corrected chi connectivity index (χ3v) is 6.35. The summed E-state index contributed by atoms with van der Waals surface area (Å²) in [5.74, 6) is 1.53. The number of allylic oxidation sites excluding steroid dienone is 3. The van der Waals surface area contributed by atoms with Crippen molar-refractivity contribution in [1.82, 2.24) is 0 Å². The lowest BCUT2D eigenvalue weighted by Gasteiger charge is -2.24. The van der Waals surface area contributed by atoms with E-state index in [1.807, 2.05) is 19.9 Å². The van der Waals surface area contributed by atoms with E-state index in [-0.39, 0.29) is 5.97 Å². The molecule has 0 aromatic rings. The molecular weight excluding hydrogens is 228 g/mol. The molecule has 0 aromatic heterocycles. The second kappa shape index (κ2) is 5.21. The molecule has 0 saturated heterocycles. The minimum Gasteiger partial charge on any atom is -0.521 e. The van der Waals surface area contributed by atoms with Crippen LogP contribution in [-0.2, 0) is 9.22 Å². The van der Waals surface area contributed by atoms with Gasteiger partial charge in [0.2, 0.25) is 9.76 Å². The summed E-state index contributed by atoms with van der Waals surface area (Å²) in [6, 6.07) is 0. The van der Waals surface area contributed by atoms with Gasteiger partial charge in [0.1, 0.15) is 0 Å². The third-order valence-electron chi connectivity index (χ3n) is 4.42. The zero-order chi connectivity index (χ0) is 12.4. The van der Waals surface area contributed by atoms with Gasteiger partial charge < -0.3 is 4.43 Å². The Morgan fingerprint density at radius 3 is 2.82 bits per heavy atom. The minimum absolute atomic E-state index is 0.0996. The second-order valence-corrected chi connectivity index (χ2v) is 6.74. The molecule has 2 fully saturated rings. The monoisotopic (exact) mass is 250 g/mol. The van der Waals surface area contributed by atoms with E-state index in [0.29, 0.717) is 5.54 Å². The highest BCUT2D eigenvalue weighted by Gasteiger charge is 2.43. The molecule has 0 heterocycles. The Bertz CT molecular complexity index is 370. The SMILES string of the molecule is CC=C(C)C(=O)O[SiH2]C1C(=CC)C2CCC1C2. The van der Waals surface area contributed by atoms with Crippen LogP contribution in [0.25, 0.3) is 0 Å². The fourth-order valence-electron chi connectivity index (χ4n) is 3.34. The van der Waals surface area contributed by atoms with E-state index in [9.17, 15) is 4.79 Å². The molecule has 0 N–H and O–H groups in total. The molecule has 0 spiro atoms. The molecule has 2 bridgehead atoms. The fourth-order valence-corrected chi connectivity index (χ4v) is 5.36. The van der Waals surface area contributed by atoms with Gasteiger partial charge in [-0.25, -0.2) is 4.79 Å². The van der Waals surface area contributed by atoms with Gasteiger partial charge in [0.05, 0.1) is 0 Å². The molecule has 2 aliphatic carbocycles.